The number of benzene rings is 1. The molecule has 0 radical (unpaired) electrons. The molecular weight excluding hydrogens is 426 g/mol. The van der Waals surface area contributed by atoms with Gasteiger partial charge in [0, 0.05) is 23.6 Å². The van der Waals surface area contributed by atoms with Crippen LogP contribution in [0.1, 0.15) is 24.6 Å². The summed E-state index contributed by atoms with van der Waals surface area (Å²) in [5, 5.41) is 10.4. The Morgan fingerprint density at radius 3 is 2.93 bits per heavy atom. The van der Waals surface area contributed by atoms with E-state index in [2.05, 4.69) is 20.7 Å². The molecule has 1 aromatic carbocycles. The average Bonchev–Trinajstić information content (AvgIpc) is 3.40. The van der Waals surface area contributed by atoms with Gasteiger partial charge in [0.25, 0.3) is 0 Å². The number of amides is 2. The topological polar surface area (TPSA) is 88.9 Å². The minimum atomic E-state index is -0.121. The fourth-order valence-electron chi connectivity index (χ4n) is 2.98. The van der Waals surface area contributed by atoms with E-state index in [-0.39, 0.29) is 24.1 Å². The summed E-state index contributed by atoms with van der Waals surface area (Å²) in [6.45, 7) is 2.75. The van der Waals surface area contributed by atoms with Gasteiger partial charge in [-0.1, -0.05) is 30.8 Å². The fraction of sp³-hybridized carbons (Fsp3) is 0.368. The van der Waals surface area contributed by atoms with E-state index in [9.17, 15) is 9.59 Å². The smallest absolute Gasteiger partial charge is 0.241 e. The Hall–Kier alpha value is -2.04. The van der Waals surface area contributed by atoms with Gasteiger partial charge in [-0.05, 0) is 18.6 Å². The van der Waals surface area contributed by atoms with Crippen molar-refractivity contribution in [2.75, 3.05) is 17.6 Å². The summed E-state index contributed by atoms with van der Waals surface area (Å²) in [6.07, 6.45) is 0.880. The standard InChI is InChI=1S/C19H21N5O2S3/c1-2-7-20-16(25)8-24-18(12-9-27-10-14(12)23-24)22-17(26)11-28-19-21-13-5-3-4-6-15(13)29-19/h3-6H,2,7-11H2,1H3,(H,20,25)(H,22,26). The molecule has 0 atom stereocenters. The highest BCUT2D eigenvalue weighted by molar-refractivity contribution is 8.01. The lowest BCUT2D eigenvalue weighted by molar-refractivity contribution is -0.122. The second-order valence-corrected chi connectivity index (χ2v) is 9.80. The summed E-state index contributed by atoms with van der Waals surface area (Å²) >= 11 is 4.77. The highest BCUT2D eigenvalue weighted by atomic mass is 32.2. The number of fused-ring (bicyclic) bond motifs is 2. The van der Waals surface area contributed by atoms with Crippen molar-refractivity contribution in [1.29, 1.82) is 0 Å². The minimum Gasteiger partial charge on any atom is -0.355 e. The van der Waals surface area contributed by atoms with Crippen molar-refractivity contribution in [1.82, 2.24) is 20.1 Å². The summed E-state index contributed by atoms with van der Waals surface area (Å²) < 4.78 is 3.60. The van der Waals surface area contributed by atoms with Gasteiger partial charge in [0.15, 0.2) is 4.34 Å². The number of para-hydroxylation sites is 1. The normalized spacial score (nSPS) is 12.9. The molecule has 152 valence electrons. The van der Waals surface area contributed by atoms with E-state index in [1.807, 2.05) is 31.2 Å². The molecule has 0 saturated carbocycles. The molecule has 2 N–H and O–H groups in total. The predicted octanol–water partition coefficient (Wildman–Crippen LogP) is 3.50. The van der Waals surface area contributed by atoms with Crippen molar-refractivity contribution >= 4 is 62.7 Å². The van der Waals surface area contributed by atoms with Crippen LogP contribution in [0.5, 0.6) is 0 Å². The molecule has 10 heteroatoms. The number of rotatable bonds is 8. The zero-order valence-corrected chi connectivity index (χ0v) is 18.4. The zero-order chi connectivity index (χ0) is 20.2. The van der Waals surface area contributed by atoms with Crippen LogP contribution in [0.2, 0.25) is 0 Å². The Bertz CT molecular complexity index is 1010. The molecule has 0 bridgehead atoms. The first-order valence-electron chi connectivity index (χ1n) is 9.35. The number of thioether (sulfide) groups is 2. The molecule has 3 aromatic rings. The number of hydrogen-bond acceptors (Lipinski definition) is 7. The quantitative estimate of drug-likeness (QED) is 0.514. The van der Waals surface area contributed by atoms with Gasteiger partial charge in [0.2, 0.25) is 11.8 Å². The van der Waals surface area contributed by atoms with Crippen LogP contribution in [0.15, 0.2) is 28.6 Å². The van der Waals surface area contributed by atoms with Crippen molar-refractivity contribution in [2.45, 2.75) is 35.7 Å². The predicted molar refractivity (Wildman–Crippen MR) is 120 cm³/mol. The molecule has 0 spiro atoms. The van der Waals surface area contributed by atoms with Crippen molar-refractivity contribution in [3.05, 3.63) is 35.5 Å². The van der Waals surface area contributed by atoms with Crippen LogP contribution in [0.4, 0.5) is 5.82 Å². The second kappa shape index (κ2) is 9.19. The van der Waals surface area contributed by atoms with Crippen LogP contribution in [0, 0.1) is 0 Å². The molecule has 3 heterocycles. The molecule has 29 heavy (non-hydrogen) atoms. The number of thiazole rings is 1. The Morgan fingerprint density at radius 2 is 2.10 bits per heavy atom. The molecule has 0 unspecified atom stereocenters. The summed E-state index contributed by atoms with van der Waals surface area (Å²) in [7, 11) is 0. The van der Waals surface area contributed by atoms with E-state index < -0.39 is 0 Å². The van der Waals surface area contributed by atoms with E-state index in [0.29, 0.717) is 12.4 Å². The first-order valence-corrected chi connectivity index (χ1v) is 12.3. The van der Waals surface area contributed by atoms with Crippen molar-refractivity contribution in [3.8, 4) is 0 Å². The van der Waals surface area contributed by atoms with Gasteiger partial charge < -0.3 is 10.6 Å². The van der Waals surface area contributed by atoms with Gasteiger partial charge >= 0.3 is 0 Å². The molecule has 2 amide bonds. The first kappa shape index (κ1) is 20.2. The van der Waals surface area contributed by atoms with E-state index in [0.717, 1.165) is 43.7 Å². The lowest BCUT2D eigenvalue weighted by Crippen LogP contribution is -2.29. The molecular formula is C19H21N5O2S3. The lowest BCUT2D eigenvalue weighted by atomic mass is 10.3. The number of carbonyl (C=O) groups excluding carboxylic acids is 2. The van der Waals surface area contributed by atoms with E-state index >= 15 is 0 Å². The van der Waals surface area contributed by atoms with Crippen LogP contribution in [-0.2, 0) is 27.6 Å². The van der Waals surface area contributed by atoms with E-state index in [1.165, 1.54) is 11.8 Å². The number of anilines is 1. The van der Waals surface area contributed by atoms with Crippen LogP contribution in [0.25, 0.3) is 10.2 Å². The van der Waals surface area contributed by atoms with Crippen LogP contribution in [0.3, 0.4) is 0 Å². The lowest BCUT2D eigenvalue weighted by Gasteiger charge is -2.11. The fourth-order valence-corrected chi connectivity index (χ4v) is 5.89. The molecule has 4 rings (SSSR count). The van der Waals surface area contributed by atoms with Crippen molar-refractivity contribution < 1.29 is 9.59 Å². The number of nitrogens with zero attached hydrogens (tertiary/aromatic N) is 3. The maximum atomic E-state index is 12.6. The Labute approximate surface area is 181 Å². The highest BCUT2D eigenvalue weighted by Gasteiger charge is 2.25. The molecule has 0 aliphatic carbocycles. The van der Waals surface area contributed by atoms with Gasteiger partial charge in [-0.25, -0.2) is 9.67 Å². The largest absolute Gasteiger partial charge is 0.355 e. The molecule has 1 aliphatic rings. The third-order valence-electron chi connectivity index (χ3n) is 4.34. The van der Waals surface area contributed by atoms with E-state index in [4.69, 9.17) is 0 Å². The SMILES string of the molecule is CCCNC(=O)Cn1nc2c(c1NC(=O)CSc1nc3ccccc3s1)CSC2. The molecule has 7 nitrogen and oxygen atoms in total. The van der Waals surface area contributed by atoms with Crippen LogP contribution in [-0.4, -0.2) is 38.9 Å². The van der Waals surface area contributed by atoms with Gasteiger partial charge in [0.1, 0.15) is 12.4 Å². The Balaban J connectivity index is 1.42. The number of hydrogen-bond donors (Lipinski definition) is 2. The van der Waals surface area contributed by atoms with Gasteiger partial charge in [0.05, 0.1) is 21.7 Å². The zero-order valence-electron chi connectivity index (χ0n) is 15.9. The van der Waals surface area contributed by atoms with Crippen LogP contribution >= 0.6 is 34.9 Å². The minimum absolute atomic E-state index is 0.0972. The first-order chi connectivity index (χ1) is 14.1. The molecule has 0 saturated heterocycles. The monoisotopic (exact) mass is 447 g/mol. The summed E-state index contributed by atoms with van der Waals surface area (Å²) in [5.74, 6) is 2.29. The maximum absolute atomic E-state index is 12.6. The van der Waals surface area contributed by atoms with Gasteiger partial charge in [-0.3, -0.25) is 9.59 Å². The Morgan fingerprint density at radius 1 is 1.24 bits per heavy atom. The highest BCUT2D eigenvalue weighted by Crippen LogP contribution is 2.35. The number of nitrogens with one attached hydrogen (secondary N) is 2. The van der Waals surface area contributed by atoms with Crippen molar-refractivity contribution in [3.63, 3.8) is 0 Å². The second-order valence-electron chi connectivity index (χ2n) is 6.56. The molecule has 0 fully saturated rings. The van der Waals surface area contributed by atoms with Crippen molar-refractivity contribution in [2.24, 2.45) is 0 Å². The van der Waals surface area contributed by atoms with Gasteiger partial charge in [-0.2, -0.15) is 16.9 Å². The average molecular weight is 448 g/mol. The number of aromatic nitrogens is 3. The third kappa shape index (κ3) is 4.76. The maximum Gasteiger partial charge on any atom is 0.241 e. The molecule has 2 aromatic heterocycles. The summed E-state index contributed by atoms with van der Waals surface area (Å²) in [4.78, 5) is 29.3. The summed E-state index contributed by atoms with van der Waals surface area (Å²) in [5.41, 5.74) is 2.93. The third-order valence-corrected chi connectivity index (χ3v) is 7.49. The van der Waals surface area contributed by atoms with E-state index in [1.54, 1.807) is 27.8 Å². The summed E-state index contributed by atoms with van der Waals surface area (Å²) in [6, 6.07) is 7.94. The molecule has 1 aliphatic heterocycles. The van der Waals surface area contributed by atoms with Gasteiger partial charge in [-0.15, -0.1) is 11.3 Å². The Kier molecular flexibility index (Phi) is 6.41. The van der Waals surface area contributed by atoms with Crippen LogP contribution < -0.4 is 10.6 Å². The number of carbonyl (C=O) groups is 2.